The van der Waals surface area contributed by atoms with Gasteiger partial charge in [0.2, 0.25) is 5.91 Å². The quantitative estimate of drug-likeness (QED) is 0.754. The van der Waals surface area contributed by atoms with E-state index in [-0.39, 0.29) is 17.2 Å². The molecule has 2 nitrogen and oxygen atoms in total. The van der Waals surface area contributed by atoms with Crippen LogP contribution in [-0.4, -0.2) is 17.2 Å². The number of amides is 1. The van der Waals surface area contributed by atoms with E-state index in [1.807, 2.05) is 0 Å². The van der Waals surface area contributed by atoms with Gasteiger partial charge in [-0.3, -0.25) is 4.79 Å². The lowest BCUT2D eigenvalue weighted by Crippen LogP contribution is -2.41. The van der Waals surface area contributed by atoms with Crippen LogP contribution in [0.4, 0.5) is 0 Å². The summed E-state index contributed by atoms with van der Waals surface area (Å²) in [7, 11) is 0. The molecule has 1 aliphatic carbocycles. The van der Waals surface area contributed by atoms with Crippen molar-refractivity contribution in [2.75, 3.05) is 0 Å². The average molecular weight is 235 g/mol. The molecule has 0 saturated heterocycles. The number of aryl methyl sites for hydroxylation is 1. The molecule has 0 heterocycles. The Bertz CT molecular complexity index is 389. The molecule has 2 unspecified atom stereocenters. The Kier molecular flexibility index (Phi) is 3.54. The number of hydrogen-bond donors (Lipinski definition) is 2. The van der Waals surface area contributed by atoms with Crippen molar-refractivity contribution in [2.24, 2.45) is 0 Å². The van der Waals surface area contributed by atoms with Crippen LogP contribution in [0.15, 0.2) is 24.3 Å². The van der Waals surface area contributed by atoms with Crippen molar-refractivity contribution in [1.82, 2.24) is 5.32 Å². The highest BCUT2D eigenvalue weighted by atomic mass is 32.1. The van der Waals surface area contributed by atoms with E-state index in [1.54, 1.807) is 6.92 Å². The molecule has 1 amide bonds. The van der Waals surface area contributed by atoms with Crippen molar-refractivity contribution in [3.63, 3.8) is 0 Å². The summed E-state index contributed by atoms with van der Waals surface area (Å²) < 4.78 is 0. The van der Waals surface area contributed by atoms with Crippen molar-refractivity contribution < 1.29 is 4.79 Å². The number of rotatable bonds is 2. The van der Waals surface area contributed by atoms with Crippen molar-refractivity contribution in [3.05, 3.63) is 35.4 Å². The lowest BCUT2D eigenvalue weighted by molar-refractivity contribution is -0.121. The number of carbonyl (C=O) groups is 1. The summed E-state index contributed by atoms with van der Waals surface area (Å²) >= 11 is 4.14. The van der Waals surface area contributed by atoms with E-state index in [0.717, 1.165) is 19.3 Å². The van der Waals surface area contributed by atoms with Crippen LogP contribution in [0.2, 0.25) is 0 Å². The van der Waals surface area contributed by atoms with Crippen LogP contribution in [0.3, 0.4) is 0 Å². The van der Waals surface area contributed by atoms with E-state index in [1.165, 1.54) is 11.1 Å². The van der Waals surface area contributed by atoms with Gasteiger partial charge < -0.3 is 5.32 Å². The third kappa shape index (κ3) is 2.59. The van der Waals surface area contributed by atoms with Gasteiger partial charge in [-0.2, -0.15) is 12.6 Å². The van der Waals surface area contributed by atoms with Gasteiger partial charge >= 0.3 is 0 Å². The molecule has 16 heavy (non-hydrogen) atoms. The minimum atomic E-state index is -0.225. The maximum absolute atomic E-state index is 11.5. The van der Waals surface area contributed by atoms with Crippen molar-refractivity contribution in [2.45, 2.75) is 37.5 Å². The van der Waals surface area contributed by atoms with E-state index < -0.39 is 0 Å². The van der Waals surface area contributed by atoms with E-state index in [4.69, 9.17) is 0 Å². The average Bonchev–Trinajstić information content (AvgIpc) is 2.28. The van der Waals surface area contributed by atoms with E-state index in [9.17, 15) is 4.79 Å². The molecule has 0 fully saturated rings. The minimum Gasteiger partial charge on any atom is -0.352 e. The molecular weight excluding hydrogens is 218 g/mol. The normalized spacial score (nSPS) is 21.0. The number of thiol groups is 1. The van der Waals surface area contributed by atoms with Crippen LogP contribution in [-0.2, 0) is 17.6 Å². The van der Waals surface area contributed by atoms with E-state index >= 15 is 0 Å². The fourth-order valence-electron chi connectivity index (χ4n) is 2.14. The molecule has 1 aliphatic rings. The SMILES string of the molecule is CC(S)C(=O)NC1CCc2ccccc2C1. The first-order chi connectivity index (χ1) is 7.66. The monoisotopic (exact) mass is 235 g/mol. The smallest absolute Gasteiger partial charge is 0.232 e. The largest absolute Gasteiger partial charge is 0.352 e. The predicted molar refractivity (Wildman–Crippen MR) is 68.8 cm³/mol. The van der Waals surface area contributed by atoms with Crippen LogP contribution in [0, 0.1) is 0 Å². The highest BCUT2D eigenvalue weighted by Crippen LogP contribution is 2.21. The number of nitrogens with one attached hydrogen (secondary N) is 1. The molecule has 2 atom stereocenters. The molecule has 2 rings (SSSR count). The lowest BCUT2D eigenvalue weighted by atomic mass is 9.88. The predicted octanol–water partition coefficient (Wildman–Crippen LogP) is 1.98. The highest BCUT2D eigenvalue weighted by Gasteiger charge is 2.20. The molecule has 1 aromatic carbocycles. The van der Waals surface area contributed by atoms with Crippen LogP contribution >= 0.6 is 12.6 Å². The zero-order valence-electron chi connectivity index (χ0n) is 9.44. The Morgan fingerprint density at radius 3 is 2.81 bits per heavy atom. The number of hydrogen-bond acceptors (Lipinski definition) is 2. The Morgan fingerprint density at radius 1 is 1.44 bits per heavy atom. The van der Waals surface area contributed by atoms with Gasteiger partial charge in [-0.05, 0) is 37.3 Å². The van der Waals surface area contributed by atoms with Gasteiger partial charge in [0.05, 0.1) is 5.25 Å². The number of fused-ring (bicyclic) bond motifs is 1. The first-order valence-corrected chi connectivity index (χ1v) is 6.23. The molecule has 1 N–H and O–H groups in total. The zero-order chi connectivity index (χ0) is 11.5. The molecular formula is C13H17NOS. The molecule has 0 radical (unpaired) electrons. The molecule has 3 heteroatoms. The molecule has 0 spiro atoms. The fourth-order valence-corrected chi connectivity index (χ4v) is 2.22. The molecule has 86 valence electrons. The third-order valence-electron chi connectivity index (χ3n) is 3.07. The van der Waals surface area contributed by atoms with Crippen LogP contribution in [0.5, 0.6) is 0 Å². The third-order valence-corrected chi connectivity index (χ3v) is 3.31. The van der Waals surface area contributed by atoms with Crippen molar-refractivity contribution in [1.29, 1.82) is 0 Å². The lowest BCUT2D eigenvalue weighted by Gasteiger charge is -2.26. The maximum Gasteiger partial charge on any atom is 0.232 e. The number of carbonyl (C=O) groups excluding carboxylic acids is 1. The minimum absolute atomic E-state index is 0.0349. The van der Waals surface area contributed by atoms with Gasteiger partial charge in [0.1, 0.15) is 0 Å². The number of benzene rings is 1. The second-order valence-electron chi connectivity index (χ2n) is 4.39. The summed E-state index contributed by atoms with van der Waals surface area (Å²) in [5.41, 5.74) is 2.79. The Morgan fingerprint density at radius 2 is 2.12 bits per heavy atom. The molecule has 0 aromatic heterocycles. The summed E-state index contributed by atoms with van der Waals surface area (Å²) in [6.45, 7) is 1.80. The highest BCUT2D eigenvalue weighted by molar-refractivity contribution is 7.81. The molecule has 0 bridgehead atoms. The summed E-state index contributed by atoms with van der Waals surface area (Å²) in [5.74, 6) is 0.0349. The summed E-state index contributed by atoms with van der Waals surface area (Å²) in [6, 6.07) is 8.74. The van der Waals surface area contributed by atoms with Gasteiger partial charge in [0.25, 0.3) is 0 Å². The van der Waals surface area contributed by atoms with E-state index in [0.29, 0.717) is 0 Å². The van der Waals surface area contributed by atoms with Gasteiger partial charge in [-0.15, -0.1) is 0 Å². The first-order valence-electron chi connectivity index (χ1n) is 5.72. The second kappa shape index (κ2) is 4.91. The summed E-state index contributed by atoms with van der Waals surface area (Å²) in [5, 5.41) is 2.82. The molecule has 0 saturated carbocycles. The van der Waals surface area contributed by atoms with Crippen LogP contribution in [0.25, 0.3) is 0 Å². The van der Waals surface area contributed by atoms with Crippen LogP contribution in [0.1, 0.15) is 24.5 Å². The fraction of sp³-hybridized carbons (Fsp3) is 0.462. The van der Waals surface area contributed by atoms with Crippen molar-refractivity contribution in [3.8, 4) is 0 Å². The standard InChI is InChI=1S/C13H17NOS/c1-9(16)13(15)14-12-7-6-10-4-2-3-5-11(10)8-12/h2-5,9,12,16H,6-8H2,1H3,(H,14,15). The summed E-state index contributed by atoms with van der Waals surface area (Å²) in [6.07, 6.45) is 3.04. The first kappa shape index (κ1) is 11.5. The van der Waals surface area contributed by atoms with Gasteiger partial charge in [0, 0.05) is 6.04 Å². The van der Waals surface area contributed by atoms with Gasteiger partial charge in [-0.25, -0.2) is 0 Å². The summed E-state index contributed by atoms with van der Waals surface area (Å²) in [4.78, 5) is 11.5. The zero-order valence-corrected chi connectivity index (χ0v) is 10.3. The van der Waals surface area contributed by atoms with Crippen molar-refractivity contribution >= 4 is 18.5 Å². The van der Waals surface area contributed by atoms with Crippen LogP contribution < -0.4 is 5.32 Å². The van der Waals surface area contributed by atoms with Gasteiger partial charge in [-0.1, -0.05) is 24.3 Å². The maximum atomic E-state index is 11.5. The Balaban J connectivity index is 2.00. The van der Waals surface area contributed by atoms with Gasteiger partial charge in [0.15, 0.2) is 0 Å². The Labute approximate surface area is 102 Å². The van der Waals surface area contributed by atoms with E-state index in [2.05, 4.69) is 42.2 Å². The Hall–Kier alpha value is -0.960. The molecule has 0 aliphatic heterocycles. The second-order valence-corrected chi connectivity index (χ2v) is 5.17. The topological polar surface area (TPSA) is 29.1 Å². The molecule has 1 aromatic rings.